The summed E-state index contributed by atoms with van der Waals surface area (Å²) in [6.07, 6.45) is 0.595. The molecule has 0 spiro atoms. The van der Waals surface area contributed by atoms with Crippen molar-refractivity contribution in [2.24, 2.45) is 0 Å². The Morgan fingerprint density at radius 2 is 2.42 bits per heavy atom. The molecule has 0 aromatic heterocycles. The summed E-state index contributed by atoms with van der Waals surface area (Å²) in [6, 6.07) is 8.42. The first-order valence-corrected chi connectivity index (χ1v) is 8.39. The summed E-state index contributed by atoms with van der Waals surface area (Å²) in [4.78, 5) is 14.0. The highest BCUT2D eigenvalue weighted by Crippen LogP contribution is 2.15. The average molecular weight is 343 g/mol. The third-order valence-corrected chi connectivity index (χ3v) is 4.78. The molecule has 1 N–H and O–H groups in total. The maximum Gasteiger partial charge on any atom is 0.224 e. The van der Waals surface area contributed by atoms with Crippen LogP contribution in [0.1, 0.15) is 12.0 Å². The van der Waals surface area contributed by atoms with Gasteiger partial charge in [0.25, 0.3) is 0 Å². The molecular weight excluding hydrogens is 324 g/mol. The number of amides is 1. The Labute approximate surface area is 127 Å². The van der Waals surface area contributed by atoms with E-state index in [1.807, 2.05) is 41.9 Å². The zero-order chi connectivity index (χ0) is 13.7. The van der Waals surface area contributed by atoms with Crippen LogP contribution < -0.4 is 5.32 Å². The SMILES string of the molecule is CN(Cc1cccc(Br)c1)C(=O)CC1CSCCN1. The van der Waals surface area contributed by atoms with Crippen LogP contribution >= 0.6 is 27.7 Å². The van der Waals surface area contributed by atoms with Gasteiger partial charge in [0.15, 0.2) is 0 Å². The molecule has 104 valence electrons. The topological polar surface area (TPSA) is 32.3 Å². The minimum atomic E-state index is 0.208. The van der Waals surface area contributed by atoms with E-state index >= 15 is 0 Å². The average Bonchev–Trinajstić information content (AvgIpc) is 2.40. The fourth-order valence-electron chi connectivity index (χ4n) is 2.11. The molecule has 0 bridgehead atoms. The lowest BCUT2D eigenvalue weighted by Gasteiger charge is -2.25. The van der Waals surface area contributed by atoms with Gasteiger partial charge in [-0.2, -0.15) is 11.8 Å². The second-order valence-electron chi connectivity index (χ2n) is 4.81. The van der Waals surface area contributed by atoms with Gasteiger partial charge in [0, 0.05) is 48.6 Å². The lowest BCUT2D eigenvalue weighted by molar-refractivity contribution is -0.130. The first kappa shape index (κ1) is 14.9. The lowest BCUT2D eigenvalue weighted by atomic mass is 10.2. The summed E-state index contributed by atoms with van der Waals surface area (Å²) >= 11 is 5.38. The highest BCUT2D eigenvalue weighted by Gasteiger charge is 2.19. The van der Waals surface area contributed by atoms with Crippen LogP contribution in [0.25, 0.3) is 0 Å². The highest BCUT2D eigenvalue weighted by atomic mass is 79.9. The van der Waals surface area contributed by atoms with Crippen LogP contribution in [0, 0.1) is 0 Å². The second kappa shape index (κ2) is 7.31. The maximum absolute atomic E-state index is 12.2. The summed E-state index contributed by atoms with van der Waals surface area (Å²) in [5, 5.41) is 3.40. The van der Waals surface area contributed by atoms with E-state index in [1.165, 1.54) is 0 Å². The van der Waals surface area contributed by atoms with E-state index in [0.717, 1.165) is 28.1 Å². The van der Waals surface area contributed by atoms with Crippen LogP contribution in [-0.4, -0.2) is 41.9 Å². The third kappa shape index (κ3) is 4.82. The van der Waals surface area contributed by atoms with E-state index < -0.39 is 0 Å². The monoisotopic (exact) mass is 342 g/mol. The molecule has 5 heteroatoms. The van der Waals surface area contributed by atoms with Gasteiger partial charge in [0.2, 0.25) is 5.91 Å². The van der Waals surface area contributed by atoms with Crippen molar-refractivity contribution in [2.45, 2.75) is 19.0 Å². The Balaban J connectivity index is 1.84. The van der Waals surface area contributed by atoms with Crippen LogP contribution in [0.5, 0.6) is 0 Å². The quantitative estimate of drug-likeness (QED) is 0.912. The molecule has 1 atom stereocenters. The van der Waals surface area contributed by atoms with Crippen LogP contribution in [0.2, 0.25) is 0 Å². The summed E-state index contributed by atoms with van der Waals surface area (Å²) < 4.78 is 1.05. The Kier molecular flexibility index (Phi) is 5.73. The molecule has 0 radical (unpaired) electrons. The molecule has 0 saturated carbocycles. The summed E-state index contributed by atoms with van der Waals surface area (Å²) in [5.41, 5.74) is 1.15. The number of carbonyl (C=O) groups excluding carboxylic acids is 1. The molecule has 19 heavy (non-hydrogen) atoms. The van der Waals surface area contributed by atoms with Crippen molar-refractivity contribution in [3.63, 3.8) is 0 Å². The molecule has 1 aromatic carbocycles. The van der Waals surface area contributed by atoms with Crippen molar-refractivity contribution < 1.29 is 4.79 Å². The van der Waals surface area contributed by atoms with E-state index in [0.29, 0.717) is 19.0 Å². The molecular formula is C14H19BrN2OS. The van der Waals surface area contributed by atoms with Crippen molar-refractivity contribution in [1.29, 1.82) is 0 Å². The van der Waals surface area contributed by atoms with Crippen molar-refractivity contribution in [3.05, 3.63) is 34.3 Å². The van der Waals surface area contributed by atoms with Crippen molar-refractivity contribution in [1.82, 2.24) is 10.2 Å². The van der Waals surface area contributed by atoms with Crippen LogP contribution in [0.4, 0.5) is 0 Å². The van der Waals surface area contributed by atoms with Gasteiger partial charge in [0.05, 0.1) is 0 Å². The molecule has 1 fully saturated rings. The maximum atomic E-state index is 12.2. The number of thioether (sulfide) groups is 1. The largest absolute Gasteiger partial charge is 0.341 e. The van der Waals surface area contributed by atoms with E-state index in [1.54, 1.807) is 0 Å². The van der Waals surface area contributed by atoms with E-state index in [4.69, 9.17) is 0 Å². The predicted molar refractivity (Wildman–Crippen MR) is 84.3 cm³/mol. The smallest absolute Gasteiger partial charge is 0.224 e. The van der Waals surface area contributed by atoms with Gasteiger partial charge in [-0.3, -0.25) is 4.79 Å². The van der Waals surface area contributed by atoms with Crippen LogP contribution in [-0.2, 0) is 11.3 Å². The first-order chi connectivity index (χ1) is 9.15. The zero-order valence-corrected chi connectivity index (χ0v) is 13.5. The Bertz CT molecular complexity index is 435. The Hall–Kier alpha value is -0.520. The standard InChI is InChI=1S/C14H19BrN2OS/c1-17(9-11-3-2-4-12(15)7-11)14(18)8-13-10-19-6-5-16-13/h2-4,7,13,16H,5-6,8-10H2,1H3. The van der Waals surface area contributed by atoms with E-state index in [9.17, 15) is 4.79 Å². The number of halogens is 1. The highest BCUT2D eigenvalue weighted by molar-refractivity contribution is 9.10. The van der Waals surface area contributed by atoms with E-state index in [2.05, 4.69) is 27.3 Å². The minimum absolute atomic E-state index is 0.208. The fourth-order valence-corrected chi connectivity index (χ4v) is 3.51. The zero-order valence-electron chi connectivity index (χ0n) is 11.1. The molecule has 1 unspecified atom stereocenters. The molecule has 1 aliphatic rings. The molecule has 1 heterocycles. The number of hydrogen-bond acceptors (Lipinski definition) is 3. The van der Waals surface area contributed by atoms with Gasteiger partial charge in [-0.25, -0.2) is 0 Å². The molecule has 1 aliphatic heterocycles. The number of carbonyl (C=O) groups is 1. The molecule has 3 nitrogen and oxygen atoms in total. The van der Waals surface area contributed by atoms with Gasteiger partial charge >= 0.3 is 0 Å². The molecule has 1 amide bonds. The number of rotatable bonds is 4. The summed E-state index contributed by atoms with van der Waals surface area (Å²) in [7, 11) is 1.87. The van der Waals surface area contributed by atoms with Gasteiger partial charge in [-0.05, 0) is 17.7 Å². The van der Waals surface area contributed by atoms with Crippen molar-refractivity contribution in [3.8, 4) is 0 Å². The molecule has 1 saturated heterocycles. The number of benzene rings is 1. The molecule has 0 aliphatic carbocycles. The normalized spacial score (nSPS) is 19.2. The number of nitrogens with zero attached hydrogens (tertiary/aromatic N) is 1. The number of nitrogens with one attached hydrogen (secondary N) is 1. The Morgan fingerprint density at radius 1 is 1.58 bits per heavy atom. The van der Waals surface area contributed by atoms with E-state index in [-0.39, 0.29) is 5.91 Å². The predicted octanol–water partition coefficient (Wildman–Crippen LogP) is 2.50. The lowest BCUT2D eigenvalue weighted by Crippen LogP contribution is -2.41. The van der Waals surface area contributed by atoms with Gasteiger partial charge in [-0.15, -0.1) is 0 Å². The number of hydrogen-bond donors (Lipinski definition) is 1. The first-order valence-electron chi connectivity index (χ1n) is 6.44. The molecule has 2 rings (SSSR count). The van der Waals surface area contributed by atoms with Crippen molar-refractivity contribution in [2.75, 3.05) is 25.1 Å². The van der Waals surface area contributed by atoms with Crippen LogP contribution in [0.15, 0.2) is 28.7 Å². The summed E-state index contributed by atoms with van der Waals surface area (Å²) in [6.45, 7) is 1.68. The second-order valence-corrected chi connectivity index (χ2v) is 6.88. The van der Waals surface area contributed by atoms with Gasteiger partial charge in [0.1, 0.15) is 0 Å². The third-order valence-electron chi connectivity index (χ3n) is 3.15. The minimum Gasteiger partial charge on any atom is -0.341 e. The fraction of sp³-hybridized carbons (Fsp3) is 0.500. The van der Waals surface area contributed by atoms with Crippen molar-refractivity contribution >= 4 is 33.6 Å². The van der Waals surface area contributed by atoms with Crippen LogP contribution in [0.3, 0.4) is 0 Å². The molecule has 1 aromatic rings. The van der Waals surface area contributed by atoms with Gasteiger partial charge < -0.3 is 10.2 Å². The van der Waals surface area contributed by atoms with Gasteiger partial charge in [-0.1, -0.05) is 28.1 Å². The Morgan fingerprint density at radius 3 is 3.11 bits per heavy atom. The summed E-state index contributed by atoms with van der Waals surface area (Å²) in [5.74, 6) is 2.40.